The summed E-state index contributed by atoms with van der Waals surface area (Å²) < 4.78 is 6.59. The minimum Gasteiger partial charge on any atom is -0.462 e. The van der Waals surface area contributed by atoms with Gasteiger partial charge in [-0.25, -0.2) is 4.79 Å². The number of nitrogens with zero attached hydrogens (tertiary/aromatic N) is 1. The molecule has 104 valence electrons. The van der Waals surface area contributed by atoms with E-state index in [0.717, 1.165) is 5.69 Å². The van der Waals surface area contributed by atoms with Crippen LogP contribution in [0.15, 0.2) is 41.2 Å². The van der Waals surface area contributed by atoms with Crippen LogP contribution in [-0.4, -0.2) is 17.1 Å². The van der Waals surface area contributed by atoms with Gasteiger partial charge in [-0.3, -0.25) is 9.36 Å². The van der Waals surface area contributed by atoms with E-state index in [1.165, 1.54) is 6.07 Å². The summed E-state index contributed by atoms with van der Waals surface area (Å²) in [6, 6.07) is 10.5. The van der Waals surface area contributed by atoms with Gasteiger partial charge < -0.3 is 10.5 Å². The number of esters is 1. The van der Waals surface area contributed by atoms with Gasteiger partial charge in [0.25, 0.3) is 0 Å². The molecule has 0 aliphatic carbocycles. The molecule has 0 radical (unpaired) electrons. The van der Waals surface area contributed by atoms with E-state index in [1.54, 1.807) is 18.4 Å². The number of nitrogens with two attached hydrogens (primary N) is 1. The molecule has 0 spiro atoms. The van der Waals surface area contributed by atoms with Gasteiger partial charge in [0, 0.05) is 17.4 Å². The van der Waals surface area contributed by atoms with Gasteiger partial charge in [-0.1, -0.05) is 18.2 Å². The third-order valence-corrected chi connectivity index (χ3v) is 2.97. The highest BCUT2D eigenvalue weighted by molar-refractivity contribution is 5.91. The van der Waals surface area contributed by atoms with Crippen molar-refractivity contribution in [2.45, 2.75) is 13.8 Å². The molecule has 0 bridgehead atoms. The maximum atomic E-state index is 12.0. The van der Waals surface area contributed by atoms with Crippen molar-refractivity contribution in [3.8, 4) is 5.69 Å². The van der Waals surface area contributed by atoms with E-state index in [2.05, 4.69) is 0 Å². The second-order valence-corrected chi connectivity index (χ2v) is 4.29. The molecule has 0 unspecified atom stereocenters. The van der Waals surface area contributed by atoms with Crippen molar-refractivity contribution < 1.29 is 9.53 Å². The Balaban J connectivity index is 2.68. The van der Waals surface area contributed by atoms with Gasteiger partial charge in [-0.05, 0) is 26.0 Å². The molecule has 2 N–H and O–H groups in total. The van der Waals surface area contributed by atoms with Gasteiger partial charge >= 0.3 is 5.97 Å². The predicted octanol–water partition coefficient (Wildman–Crippen LogP) is 1.90. The summed E-state index contributed by atoms with van der Waals surface area (Å²) in [6.45, 7) is 3.59. The minimum absolute atomic E-state index is 0.0184. The maximum Gasteiger partial charge on any atom is 0.343 e. The van der Waals surface area contributed by atoms with Gasteiger partial charge in [-0.2, -0.15) is 0 Å². The van der Waals surface area contributed by atoms with E-state index in [1.807, 2.05) is 30.3 Å². The fourth-order valence-electron chi connectivity index (χ4n) is 2.13. The molecular formula is C15H16N2O3. The normalized spacial score (nSPS) is 10.3. The van der Waals surface area contributed by atoms with Crippen molar-refractivity contribution in [1.82, 2.24) is 4.57 Å². The molecular weight excluding hydrogens is 256 g/mol. The van der Waals surface area contributed by atoms with Crippen molar-refractivity contribution in [2.75, 3.05) is 12.3 Å². The lowest BCUT2D eigenvalue weighted by molar-refractivity contribution is 0.0523. The molecule has 2 aromatic rings. The van der Waals surface area contributed by atoms with Crippen LogP contribution in [0, 0.1) is 6.92 Å². The number of benzene rings is 1. The van der Waals surface area contributed by atoms with E-state index in [0.29, 0.717) is 5.69 Å². The fraction of sp³-hybridized carbons (Fsp3) is 0.200. The fourth-order valence-corrected chi connectivity index (χ4v) is 2.13. The lowest BCUT2D eigenvalue weighted by atomic mass is 10.1. The average molecular weight is 272 g/mol. The standard InChI is InChI=1S/C15H16N2O3/c1-3-20-15(19)14-10(2)17(13(16)9-12(14)18)11-7-5-4-6-8-11/h4-9H,3,16H2,1-2H3. The number of pyridine rings is 1. The van der Waals surface area contributed by atoms with Crippen LogP contribution in [0.5, 0.6) is 0 Å². The summed E-state index contributed by atoms with van der Waals surface area (Å²) in [7, 11) is 0. The second kappa shape index (κ2) is 5.61. The summed E-state index contributed by atoms with van der Waals surface area (Å²) in [5.41, 5.74) is 6.76. The molecule has 5 nitrogen and oxygen atoms in total. The van der Waals surface area contributed by atoms with E-state index < -0.39 is 11.4 Å². The molecule has 5 heteroatoms. The number of carbonyl (C=O) groups is 1. The predicted molar refractivity (Wildman–Crippen MR) is 77.1 cm³/mol. The molecule has 1 aromatic carbocycles. The number of aromatic nitrogens is 1. The summed E-state index contributed by atoms with van der Waals surface area (Å²) in [6.07, 6.45) is 0. The lowest BCUT2D eigenvalue weighted by Gasteiger charge is -2.16. The Kier molecular flexibility index (Phi) is 3.89. The molecule has 0 saturated carbocycles. The van der Waals surface area contributed by atoms with Crippen LogP contribution in [0.1, 0.15) is 23.0 Å². The first-order valence-corrected chi connectivity index (χ1v) is 6.31. The van der Waals surface area contributed by atoms with Crippen LogP contribution >= 0.6 is 0 Å². The number of anilines is 1. The number of hydrogen-bond acceptors (Lipinski definition) is 4. The zero-order chi connectivity index (χ0) is 14.7. The average Bonchev–Trinajstić information content (AvgIpc) is 2.39. The number of para-hydroxylation sites is 1. The molecule has 1 aromatic heterocycles. The van der Waals surface area contributed by atoms with Crippen molar-refractivity contribution in [3.63, 3.8) is 0 Å². The summed E-state index contributed by atoms with van der Waals surface area (Å²) in [4.78, 5) is 23.9. The van der Waals surface area contributed by atoms with E-state index in [-0.39, 0.29) is 18.0 Å². The minimum atomic E-state index is -0.625. The smallest absolute Gasteiger partial charge is 0.343 e. The van der Waals surface area contributed by atoms with Crippen molar-refractivity contribution in [1.29, 1.82) is 0 Å². The quantitative estimate of drug-likeness (QED) is 0.866. The number of hydrogen-bond donors (Lipinski definition) is 1. The van der Waals surface area contributed by atoms with Crippen molar-refractivity contribution in [3.05, 3.63) is 57.9 Å². The molecule has 0 saturated heterocycles. The van der Waals surface area contributed by atoms with Crippen LogP contribution in [-0.2, 0) is 4.74 Å². The molecule has 0 atom stereocenters. The Hall–Kier alpha value is -2.56. The highest BCUT2D eigenvalue weighted by Crippen LogP contribution is 2.17. The van der Waals surface area contributed by atoms with E-state index >= 15 is 0 Å². The van der Waals surface area contributed by atoms with Crippen LogP contribution in [0.25, 0.3) is 5.69 Å². The first kappa shape index (κ1) is 13.9. The topological polar surface area (TPSA) is 74.3 Å². The second-order valence-electron chi connectivity index (χ2n) is 4.29. The largest absolute Gasteiger partial charge is 0.462 e. The van der Waals surface area contributed by atoms with Crippen LogP contribution in [0.4, 0.5) is 5.82 Å². The maximum absolute atomic E-state index is 12.0. The van der Waals surface area contributed by atoms with Crippen molar-refractivity contribution >= 4 is 11.8 Å². The van der Waals surface area contributed by atoms with Gasteiger partial charge in [0.05, 0.1) is 6.61 Å². The molecule has 0 aliphatic heterocycles. The van der Waals surface area contributed by atoms with Gasteiger partial charge in [0.2, 0.25) is 0 Å². The van der Waals surface area contributed by atoms with Gasteiger partial charge in [0.1, 0.15) is 11.4 Å². The number of nitrogen functional groups attached to an aromatic ring is 1. The third-order valence-electron chi connectivity index (χ3n) is 2.97. The Labute approximate surface area is 116 Å². The first-order valence-electron chi connectivity index (χ1n) is 6.31. The number of ether oxygens (including phenoxy) is 1. The van der Waals surface area contributed by atoms with Crippen LogP contribution in [0.2, 0.25) is 0 Å². The Morgan fingerprint density at radius 1 is 1.30 bits per heavy atom. The van der Waals surface area contributed by atoms with E-state index in [4.69, 9.17) is 10.5 Å². The Morgan fingerprint density at radius 2 is 1.95 bits per heavy atom. The van der Waals surface area contributed by atoms with Crippen molar-refractivity contribution in [2.24, 2.45) is 0 Å². The number of carbonyl (C=O) groups excluding carboxylic acids is 1. The molecule has 1 heterocycles. The van der Waals surface area contributed by atoms with Crippen LogP contribution in [0.3, 0.4) is 0 Å². The molecule has 0 fully saturated rings. The van der Waals surface area contributed by atoms with Gasteiger partial charge in [-0.15, -0.1) is 0 Å². The molecule has 20 heavy (non-hydrogen) atoms. The van der Waals surface area contributed by atoms with Gasteiger partial charge in [0.15, 0.2) is 5.43 Å². The zero-order valence-electron chi connectivity index (χ0n) is 11.4. The lowest BCUT2D eigenvalue weighted by Crippen LogP contribution is -2.24. The Bertz CT molecular complexity index is 690. The number of rotatable bonds is 3. The summed E-state index contributed by atoms with van der Waals surface area (Å²) in [5, 5.41) is 0. The first-order chi connectivity index (χ1) is 9.56. The van der Waals surface area contributed by atoms with Crippen LogP contribution < -0.4 is 11.2 Å². The zero-order valence-corrected chi connectivity index (χ0v) is 11.4. The SMILES string of the molecule is CCOC(=O)c1c(C)n(-c2ccccc2)c(N)cc1=O. The summed E-state index contributed by atoms with van der Waals surface area (Å²) in [5.74, 6) is -0.341. The Morgan fingerprint density at radius 3 is 2.55 bits per heavy atom. The third kappa shape index (κ3) is 2.42. The molecule has 0 amide bonds. The highest BCUT2D eigenvalue weighted by atomic mass is 16.5. The molecule has 2 rings (SSSR count). The van der Waals surface area contributed by atoms with E-state index in [9.17, 15) is 9.59 Å². The highest BCUT2D eigenvalue weighted by Gasteiger charge is 2.19. The monoisotopic (exact) mass is 272 g/mol. The molecule has 0 aliphatic rings. The summed E-state index contributed by atoms with van der Waals surface area (Å²) >= 11 is 0.